The van der Waals surface area contributed by atoms with E-state index in [9.17, 15) is 9.59 Å². The molecule has 1 aliphatic heterocycles. The largest absolute Gasteiger partial charge is 0.344 e. The normalized spacial score (nSPS) is 18.9. The minimum absolute atomic E-state index is 0.0814. The number of rotatable bonds is 2. The Morgan fingerprint density at radius 2 is 2.22 bits per heavy atom. The predicted octanol–water partition coefficient (Wildman–Crippen LogP) is 0.780. The minimum atomic E-state index is -0.451. The quantitative estimate of drug-likeness (QED) is 0.729. The molecule has 0 bridgehead atoms. The van der Waals surface area contributed by atoms with Crippen LogP contribution in [0.25, 0.3) is 10.9 Å². The number of H-pyrrole nitrogens is 1. The van der Waals surface area contributed by atoms with Gasteiger partial charge in [-0.05, 0) is 18.6 Å². The summed E-state index contributed by atoms with van der Waals surface area (Å²) in [7, 11) is 0. The Morgan fingerprint density at radius 1 is 1.39 bits per heavy atom. The number of amides is 2. The Labute approximate surface area is 103 Å². The number of hydrogen-bond donors (Lipinski definition) is 3. The molecule has 18 heavy (non-hydrogen) atoms. The van der Waals surface area contributed by atoms with Crippen molar-refractivity contribution in [1.82, 2.24) is 15.5 Å². The maximum Gasteiger partial charge on any atom is 0.248 e. The summed E-state index contributed by atoms with van der Waals surface area (Å²) in [5.41, 5.74) is 0.864. The zero-order valence-corrected chi connectivity index (χ0v) is 9.56. The van der Waals surface area contributed by atoms with E-state index in [4.69, 9.17) is 0 Å². The van der Waals surface area contributed by atoms with Gasteiger partial charge >= 0.3 is 0 Å². The van der Waals surface area contributed by atoms with E-state index in [0.29, 0.717) is 18.7 Å². The van der Waals surface area contributed by atoms with Crippen LogP contribution in [0, 0.1) is 0 Å². The van der Waals surface area contributed by atoms with Gasteiger partial charge in [-0.2, -0.15) is 5.10 Å². The highest BCUT2D eigenvalue weighted by Gasteiger charge is 2.27. The lowest BCUT2D eigenvalue weighted by molar-refractivity contribution is -0.122. The lowest BCUT2D eigenvalue weighted by Gasteiger charge is -2.08. The molecule has 1 aromatic heterocycles. The summed E-state index contributed by atoms with van der Waals surface area (Å²) in [6, 6.07) is 7.08. The number of carbonyl (C=O) groups is 2. The van der Waals surface area contributed by atoms with Crippen LogP contribution in [-0.2, 0) is 9.59 Å². The molecule has 92 valence electrons. The van der Waals surface area contributed by atoms with Crippen molar-refractivity contribution in [3.8, 4) is 0 Å². The van der Waals surface area contributed by atoms with Gasteiger partial charge in [-0.3, -0.25) is 14.7 Å². The summed E-state index contributed by atoms with van der Waals surface area (Å²) in [5.74, 6) is 0.192. The van der Waals surface area contributed by atoms with E-state index in [1.807, 2.05) is 24.3 Å². The molecule has 0 spiro atoms. The number of hydrogen-bond acceptors (Lipinski definition) is 3. The Kier molecular flexibility index (Phi) is 2.47. The SMILES string of the molecule is O=C1CCC(C(=O)Nc2n[nH]c3ccccc23)N1. The maximum absolute atomic E-state index is 11.9. The second-order valence-electron chi connectivity index (χ2n) is 4.27. The van der Waals surface area contributed by atoms with Crippen molar-refractivity contribution in [3.05, 3.63) is 24.3 Å². The summed E-state index contributed by atoms with van der Waals surface area (Å²) < 4.78 is 0. The smallest absolute Gasteiger partial charge is 0.248 e. The number of fused-ring (bicyclic) bond motifs is 1. The van der Waals surface area contributed by atoms with Gasteiger partial charge in [-0.25, -0.2) is 0 Å². The molecule has 3 rings (SSSR count). The molecule has 3 N–H and O–H groups in total. The van der Waals surface area contributed by atoms with Crippen LogP contribution in [0.3, 0.4) is 0 Å². The number of nitrogens with one attached hydrogen (secondary N) is 3. The van der Waals surface area contributed by atoms with Gasteiger partial charge < -0.3 is 10.6 Å². The van der Waals surface area contributed by atoms with Crippen molar-refractivity contribution in [2.75, 3.05) is 5.32 Å². The van der Waals surface area contributed by atoms with Gasteiger partial charge in [0.1, 0.15) is 6.04 Å². The highest BCUT2D eigenvalue weighted by molar-refractivity contribution is 6.03. The average molecular weight is 244 g/mol. The Hall–Kier alpha value is -2.37. The van der Waals surface area contributed by atoms with Gasteiger partial charge in [0.05, 0.1) is 5.52 Å². The molecule has 6 heteroatoms. The highest BCUT2D eigenvalue weighted by Crippen LogP contribution is 2.20. The zero-order valence-electron chi connectivity index (χ0n) is 9.56. The van der Waals surface area contributed by atoms with Gasteiger partial charge in [0.2, 0.25) is 11.8 Å². The number of anilines is 1. The summed E-state index contributed by atoms with van der Waals surface area (Å²) in [6.45, 7) is 0. The van der Waals surface area contributed by atoms with Crippen LogP contribution in [0.1, 0.15) is 12.8 Å². The van der Waals surface area contributed by atoms with Crippen LogP contribution in [0.2, 0.25) is 0 Å². The summed E-state index contributed by atoms with van der Waals surface area (Å²) in [6.07, 6.45) is 0.937. The lowest BCUT2D eigenvalue weighted by Crippen LogP contribution is -2.37. The molecule has 1 aliphatic rings. The number of para-hydroxylation sites is 1. The van der Waals surface area contributed by atoms with Crippen LogP contribution in [0.5, 0.6) is 0 Å². The first-order valence-corrected chi connectivity index (χ1v) is 5.77. The topological polar surface area (TPSA) is 86.9 Å². The summed E-state index contributed by atoms with van der Waals surface area (Å²) in [4.78, 5) is 23.0. The number of aromatic nitrogens is 2. The first-order valence-electron chi connectivity index (χ1n) is 5.77. The highest BCUT2D eigenvalue weighted by atomic mass is 16.2. The van der Waals surface area contributed by atoms with E-state index in [-0.39, 0.29) is 11.8 Å². The van der Waals surface area contributed by atoms with Crippen molar-refractivity contribution in [2.24, 2.45) is 0 Å². The van der Waals surface area contributed by atoms with Crippen LogP contribution >= 0.6 is 0 Å². The standard InChI is InChI=1S/C12H12N4O2/c17-10-6-5-9(13-10)12(18)14-11-7-3-1-2-4-8(7)15-16-11/h1-4,9H,5-6H2,(H,13,17)(H2,14,15,16,18). The molecule has 2 aromatic rings. The maximum atomic E-state index is 11.9. The van der Waals surface area contributed by atoms with E-state index in [0.717, 1.165) is 10.9 Å². The van der Waals surface area contributed by atoms with Crippen molar-refractivity contribution < 1.29 is 9.59 Å². The Bertz CT molecular complexity index is 619. The van der Waals surface area contributed by atoms with E-state index in [1.54, 1.807) is 0 Å². The first-order chi connectivity index (χ1) is 8.74. The van der Waals surface area contributed by atoms with Gasteiger partial charge in [-0.1, -0.05) is 12.1 Å². The third-order valence-electron chi connectivity index (χ3n) is 3.02. The number of carbonyl (C=O) groups excluding carboxylic acids is 2. The molecule has 1 saturated heterocycles. The monoisotopic (exact) mass is 244 g/mol. The second-order valence-corrected chi connectivity index (χ2v) is 4.27. The third kappa shape index (κ3) is 1.81. The molecule has 1 atom stereocenters. The van der Waals surface area contributed by atoms with Gasteiger partial charge in [-0.15, -0.1) is 0 Å². The fraction of sp³-hybridized carbons (Fsp3) is 0.250. The lowest BCUT2D eigenvalue weighted by atomic mass is 10.2. The molecule has 0 aliphatic carbocycles. The average Bonchev–Trinajstić information content (AvgIpc) is 2.97. The number of aromatic amines is 1. The van der Waals surface area contributed by atoms with Crippen LogP contribution < -0.4 is 10.6 Å². The molecule has 2 heterocycles. The molecule has 1 aromatic carbocycles. The minimum Gasteiger partial charge on any atom is -0.344 e. The Balaban J connectivity index is 1.80. The fourth-order valence-electron chi connectivity index (χ4n) is 2.07. The molecule has 0 radical (unpaired) electrons. The molecule has 1 fully saturated rings. The Morgan fingerprint density at radius 3 is 3.00 bits per heavy atom. The predicted molar refractivity (Wildman–Crippen MR) is 65.9 cm³/mol. The molecule has 1 unspecified atom stereocenters. The molecule has 6 nitrogen and oxygen atoms in total. The van der Waals surface area contributed by atoms with Crippen LogP contribution in [0.15, 0.2) is 24.3 Å². The van der Waals surface area contributed by atoms with Gasteiger partial charge in [0.15, 0.2) is 5.82 Å². The number of nitrogens with zero attached hydrogens (tertiary/aromatic N) is 1. The molecule has 0 saturated carbocycles. The van der Waals surface area contributed by atoms with E-state index in [2.05, 4.69) is 20.8 Å². The van der Waals surface area contributed by atoms with Gasteiger partial charge in [0.25, 0.3) is 0 Å². The third-order valence-corrected chi connectivity index (χ3v) is 3.02. The fourth-order valence-corrected chi connectivity index (χ4v) is 2.07. The number of benzene rings is 1. The molecular weight excluding hydrogens is 232 g/mol. The van der Waals surface area contributed by atoms with Crippen molar-refractivity contribution in [3.63, 3.8) is 0 Å². The molecule has 2 amide bonds. The summed E-state index contributed by atoms with van der Waals surface area (Å²) in [5, 5.41) is 13.1. The van der Waals surface area contributed by atoms with Crippen LogP contribution in [-0.4, -0.2) is 28.1 Å². The van der Waals surface area contributed by atoms with Crippen LogP contribution in [0.4, 0.5) is 5.82 Å². The van der Waals surface area contributed by atoms with Gasteiger partial charge in [0, 0.05) is 11.8 Å². The van der Waals surface area contributed by atoms with Crippen molar-refractivity contribution in [1.29, 1.82) is 0 Å². The van der Waals surface area contributed by atoms with E-state index in [1.165, 1.54) is 0 Å². The van der Waals surface area contributed by atoms with Crippen molar-refractivity contribution in [2.45, 2.75) is 18.9 Å². The second kappa shape index (κ2) is 4.14. The first kappa shape index (κ1) is 10.8. The van der Waals surface area contributed by atoms with E-state index < -0.39 is 6.04 Å². The van der Waals surface area contributed by atoms with E-state index >= 15 is 0 Å². The summed E-state index contributed by atoms with van der Waals surface area (Å²) >= 11 is 0. The zero-order chi connectivity index (χ0) is 12.5. The van der Waals surface area contributed by atoms with Crippen molar-refractivity contribution >= 4 is 28.5 Å². The molecular formula is C12H12N4O2.